The number of thiazole rings is 1. The Morgan fingerprint density at radius 2 is 2.39 bits per heavy atom. The Bertz CT molecular complexity index is 656. The first-order valence-electron chi connectivity index (χ1n) is 8.09. The fraction of sp³-hybridized carbons (Fsp3) is 0.562. The van der Waals surface area contributed by atoms with Crippen molar-refractivity contribution in [3.63, 3.8) is 0 Å². The molecular weight excluding hydrogens is 310 g/mol. The van der Waals surface area contributed by atoms with E-state index in [0.717, 1.165) is 32.5 Å². The van der Waals surface area contributed by atoms with E-state index < -0.39 is 0 Å². The van der Waals surface area contributed by atoms with Gasteiger partial charge in [-0.15, -0.1) is 11.3 Å². The average Bonchev–Trinajstić information content (AvgIpc) is 3.30. The Morgan fingerprint density at radius 3 is 3.13 bits per heavy atom. The standard InChI is InChI=1S/C16H21N5OS/c1-19-13(9-21-5-2-4-18-21)7-12-8-20(6-3-15(12)19)16(22)14-10-23-11-17-14/h2,4-5,10-13,15H,3,6-9H2,1H3/t12-,13+,15+/m0/s1. The quantitative estimate of drug-likeness (QED) is 0.857. The maximum atomic E-state index is 12.5. The van der Waals surface area contributed by atoms with Crippen LogP contribution in [0.15, 0.2) is 29.4 Å². The molecule has 0 bridgehead atoms. The third-order valence-corrected chi connectivity index (χ3v) is 5.85. The second kappa shape index (κ2) is 6.05. The van der Waals surface area contributed by atoms with Crippen LogP contribution in [-0.4, -0.2) is 62.7 Å². The van der Waals surface area contributed by atoms with Gasteiger partial charge in [0.25, 0.3) is 5.91 Å². The summed E-state index contributed by atoms with van der Waals surface area (Å²) in [6, 6.07) is 3.05. The highest BCUT2D eigenvalue weighted by atomic mass is 32.1. The number of carbonyl (C=O) groups is 1. The lowest BCUT2D eigenvalue weighted by molar-refractivity contribution is 0.0602. The first-order chi connectivity index (χ1) is 11.2. The number of carbonyl (C=O) groups excluding carboxylic acids is 1. The Morgan fingerprint density at radius 1 is 1.48 bits per heavy atom. The fourth-order valence-electron chi connectivity index (χ4n) is 4.07. The molecule has 6 nitrogen and oxygen atoms in total. The molecule has 2 aromatic heterocycles. The summed E-state index contributed by atoms with van der Waals surface area (Å²) in [5.74, 6) is 0.639. The van der Waals surface area contributed by atoms with Crippen LogP contribution in [0.25, 0.3) is 0 Å². The minimum atomic E-state index is 0.0860. The Balaban J connectivity index is 1.43. The average molecular weight is 331 g/mol. The SMILES string of the molecule is CN1[C@@H](Cn2cccn2)C[C@H]2CN(C(=O)c3cscn3)CC[C@H]21. The summed E-state index contributed by atoms with van der Waals surface area (Å²) < 4.78 is 2.01. The van der Waals surface area contributed by atoms with Gasteiger partial charge in [0.05, 0.1) is 12.1 Å². The summed E-state index contributed by atoms with van der Waals surface area (Å²) in [6.07, 6.45) is 6.03. The summed E-state index contributed by atoms with van der Waals surface area (Å²) in [7, 11) is 2.22. The van der Waals surface area contributed by atoms with E-state index >= 15 is 0 Å². The summed E-state index contributed by atoms with van der Waals surface area (Å²) in [4.78, 5) is 21.2. The molecule has 0 N–H and O–H groups in total. The zero-order valence-corrected chi connectivity index (χ0v) is 14.0. The van der Waals surface area contributed by atoms with E-state index in [0.29, 0.717) is 23.7 Å². The Hall–Kier alpha value is -1.73. The monoisotopic (exact) mass is 331 g/mol. The minimum absolute atomic E-state index is 0.0860. The van der Waals surface area contributed by atoms with E-state index in [2.05, 4.69) is 22.0 Å². The van der Waals surface area contributed by atoms with Crippen LogP contribution in [-0.2, 0) is 6.54 Å². The molecule has 4 rings (SSSR count). The fourth-order valence-corrected chi connectivity index (χ4v) is 4.59. The second-order valence-electron chi connectivity index (χ2n) is 6.52. The predicted octanol–water partition coefficient (Wildman–Crippen LogP) is 1.57. The van der Waals surface area contributed by atoms with Gasteiger partial charge < -0.3 is 4.90 Å². The van der Waals surface area contributed by atoms with Gasteiger partial charge in [-0.1, -0.05) is 0 Å². The number of hydrogen-bond donors (Lipinski definition) is 0. The van der Waals surface area contributed by atoms with E-state index in [1.54, 1.807) is 5.51 Å². The summed E-state index contributed by atoms with van der Waals surface area (Å²) >= 11 is 1.48. The van der Waals surface area contributed by atoms with Gasteiger partial charge in [0, 0.05) is 42.9 Å². The molecule has 0 aliphatic carbocycles. The van der Waals surface area contributed by atoms with Gasteiger partial charge in [0.1, 0.15) is 5.69 Å². The van der Waals surface area contributed by atoms with Crippen molar-refractivity contribution in [3.8, 4) is 0 Å². The summed E-state index contributed by atoms with van der Waals surface area (Å²) in [6.45, 7) is 2.61. The van der Waals surface area contributed by atoms with Crippen LogP contribution in [0.5, 0.6) is 0 Å². The zero-order valence-electron chi connectivity index (χ0n) is 13.2. The van der Waals surface area contributed by atoms with Gasteiger partial charge in [-0.3, -0.25) is 14.4 Å². The molecule has 0 spiro atoms. The van der Waals surface area contributed by atoms with Crippen LogP contribution in [0, 0.1) is 5.92 Å². The molecule has 2 aromatic rings. The number of rotatable bonds is 3. The number of amides is 1. The van der Waals surface area contributed by atoms with Gasteiger partial charge in [-0.05, 0) is 31.9 Å². The molecule has 2 aliphatic rings. The highest BCUT2D eigenvalue weighted by molar-refractivity contribution is 7.07. The van der Waals surface area contributed by atoms with Crippen LogP contribution in [0.4, 0.5) is 0 Å². The lowest BCUT2D eigenvalue weighted by Crippen LogP contribution is -2.47. The third kappa shape index (κ3) is 2.79. The minimum Gasteiger partial charge on any atom is -0.337 e. The van der Waals surface area contributed by atoms with E-state index in [-0.39, 0.29) is 5.91 Å². The van der Waals surface area contributed by atoms with Crippen LogP contribution in [0.1, 0.15) is 23.3 Å². The van der Waals surface area contributed by atoms with Crippen molar-refractivity contribution in [3.05, 3.63) is 35.0 Å². The molecule has 0 aromatic carbocycles. The highest BCUT2D eigenvalue weighted by Gasteiger charge is 2.43. The van der Waals surface area contributed by atoms with E-state index in [4.69, 9.17) is 0 Å². The third-order valence-electron chi connectivity index (χ3n) is 5.26. The molecule has 23 heavy (non-hydrogen) atoms. The largest absolute Gasteiger partial charge is 0.337 e. The molecule has 7 heteroatoms. The molecular formula is C16H21N5OS. The van der Waals surface area contributed by atoms with Crippen LogP contribution in [0.3, 0.4) is 0 Å². The number of likely N-dealkylation sites (tertiary alicyclic amines) is 2. The van der Waals surface area contributed by atoms with Crippen molar-refractivity contribution in [1.82, 2.24) is 24.6 Å². The molecule has 2 aliphatic heterocycles. The molecule has 0 radical (unpaired) electrons. The Labute approximate surface area is 139 Å². The van der Waals surface area contributed by atoms with Crippen LogP contribution in [0.2, 0.25) is 0 Å². The van der Waals surface area contributed by atoms with E-state index in [1.165, 1.54) is 11.3 Å². The van der Waals surface area contributed by atoms with Crippen molar-refractivity contribution >= 4 is 17.2 Å². The second-order valence-corrected chi connectivity index (χ2v) is 7.24. The molecule has 3 atom stereocenters. The normalized spacial score (nSPS) is 28.0. The number of likely N-dealkylation sites (N-methyl/N-ethyl adjacent to an activating group) is 1. The molecule has 2 fully saturated rings. The molecule has 0 saturated carbocycles. The van der Waals surface area contributed by atoms with Gasteiger partial charge in [-0.2, -0.15) is 5.10 Å². The maximum absolute atomic E-state index is 12.5. The van der Waals surface area contributed by atoms with Crippen molar-refractivity contribution in [2.45, 2.75) is 31.5 Å². The molecule has 122 valence electrons. The van der Waals surface area contributed by atoms with Gasteiger partial charge in [0.15, 0.2) is 0 Å². The van der Waals surface area contributed by atoms with Gasteiger partial charge in [-0.25, -0.2) is 4.98 Å². The number of fused-ring (bicyclic) bond motifs is 1. The number of piperidine rings is 1. The van der Waals surface area contributed by atoms with Crippen LogP contribution >= 0.6 is 11.3 Å². The van der Waals surface area contributed by atoms with Crippen molar-refractivity contribution in [2.24, 2.45) is 5.92 Å². The van der Waals surface area contributed by atoms with E-state index in [9.17, 15) is 4.79 Å². The number of aromatic nitrogens is 3. The highest BCUT2D eigenvalue weighted by Crippen LogP contribution is 2.35. The smallest absolute Gasteiger partial charge is 0.273 e. The topological polar surface area (TPSA) is 54.3 Å². The maximum Gasteiger partial charge on any atom is 0.273 e. The van der Waals surface area contributed by atoms with Gasteiger partial charge in [0.2, 0.25) is 0 Å². The molecule has 4 heterocycles. The summed E-state index contributed by atoms with van der Waals surface area (Å²) in [5.41, 5.74) is 2.32. The van der Waals surface area contributed by atoms with Crippen LogP contribution < -0.4 is 0 Å². The molecule has 1 amide bonds. The van der Waals surface area contributed by atoms with Crippen molar-refractivity contribution in [2.75, 3.05) is 20.1 Å². The number of nitrogens with zero attached hydrogens (tertiary/aromatic N) is 5. The van der Waals surface area contributed by atoms with Crippen molar-refractivity contribution < 1.29 is 4.79 Å². The van der Waals surface area contributed by atoms with Crippen molar-refractivity contribution in [1.29, 1.82) is 0 Å². The zero-order chi connectivity index (χ0) is 15.8. The predicted molar refractivity (Wildman–Crippen MR) is 88.3 cm³/mol. The summed E-state index contributed by atoms with van der Waals surface area (Å²) in [5, 5.41) is 6.17. The first kappa shape index (κ1) is 14.8. The Kier molecular flexibility index (Phi) is 3.90. The molecule has 2 saturated heterocycles. The molecule has 0 unspecified atom stereocenters. The lowest BCUT2D eigenvalue weighted by atomic mass is 9.92. The lowest BCUT2D eigenvalue weighted by Gasteiger charge is -2.37. The first-order valence-corrected chi connectivity index (χ1v) is 9.03. The van der Waals surface area contributed by atoms with E-state index in [1.807, 2.05) is 33.4 Å². The number of hydrogen-bond acceptors (Lipinski definition) is 5. The van der Waals surface area contributed by atoms with Gasteiger partial charge >= 0.3 is 0 Å².